The van der Waals surface area contributed by atoms with Crippen molar-refractivity contribution in [3.63, 3.8) is 0 Å². The van der Waals surface area contributed by atoms with Crippen LogP contribution >= 0.6 is 11.6 Å². The summed E-state index contributed by atoms with van der Waals surface area (Å²) in [4.78, 5) is 20.9. The highest BCUT2D eigenvalue weighted by Crippen LogP contribution is 2.18. The molecule has 1 amide bonds. The van der Waals surface area contributed by atoms with Crippen molar-refractivity contribution in [2.24, 2.45) is 4.99 Å². The molecule has 0 spiro atoms. The van der Waals surface area contributed by atoms with E-state index in [1.54, 1.807) is 4.90 Å². The predicted molar refractivity (Wildman–Crippen MR) is 104 cm³/mol. The topological polar surface area (TPSA) is 57.2 Å². The number of hydrogen-bond acceptors (Lipinski definition) is 5. The number of nitrogens with one attached hydrogen (secondary N) is 1. The molecule has 1 aromatic carbocycles. The average molecular weight is 379 g/mol. The maximum atomic E-state index is 12.3. The molecule has 2 aliphatic rings. The van der Waals surface area contributed by atoms with E-state index in [9.17, 15) is 4.79 Å². The lowest BCUT2D eigenvalue weighted by Gasteiger charge is -2.39. The lowest BCUT2D eigenvalue weighted by atomic mass is 10.1. The molecule has 0 radical (unpaired) electrons. The second-order valence-corrected chi connectivity index (χ2v) is 8.18. The van der Waals surface area contributed by atoms with E-state index in [-0.39, 0.29) is 12.1 Å². The number of piperazine rings is 1. The molecule has 1 atom stereocenters. The zero-order valence-corrected chi connectivity index (χ0v) is 16.4. The first-order valence-corrected chi connectivity index (χ1v) is 9.47. The minimum Gasteiger partial charge on any atom is -0.444 e. The molecule has 0 saturated carbocycles. The van der Waals surface area contributed by atoms with Crippen molar-refractivity contribution in [3.8, 4) is 0 Å². The second-order valence-electron chi connectivity index (χ2n) is 7.74. The minimum absolute atomic E-state index is 0.231. The maximum Gasteiger partial charge on any atom is 0.410 e. The van der Waals surface area contributed by atoms with E-state index in [1.165, 1.54) is 5.56 Å². The Morgan fingerprint density at radius 2 is 2.04 bits per heavy atom. The number of carbonyl (C=O) groups excluding carboxylic acids is 1. The van der Waals surface area contributed by atoms with Crippen LogP contribution in [0.3, 0.4) is 0 Å². The molecule has 0 bridgehead atoms. The first-order valence-electron chi connectivity index (χ1n) is 9.09. The molecule has 1 N–H and O–H groups in total. The fraction of sp³-hybridized carbons (Fsp3) is 0.579. The lowest BCUT2D eigenvalue weighted by molar-refractivity contribution is 0.0137. The summed E-state index contributed by atoms with van der Waals surface area (Å²) < 4.78 is 5.48. The Bertz CT molecular complexity index is 669. The minimum atomic E-state index is -0.464. The van der Waals surface area contributed by atoms with E-state index in [4.69, 9.17) is 16.3 Å². The molecule has 6 nitrogen and oxygen atoms in total. The van der Waals surface area contributed by atoms with Gasteiger partial charge in [0.15, 0.2) is 5.96 Å². The third-order valence-corrected chi connectivity index (χ3v) is 4.72. The van der Waals surface area contributed by atoms with Crippen molar-refractivity contribution in [2.75, 3.05) is 32.7 Å². The highest BCUT2D eigenvalue weighted by Gasteiger charge is 2.36. The standard InChI is InChI=1S/C19H27ClN4O2/c1-19(2,3)26-18(25)23-10-11-24-16(13-23)12-22-17(24)21-9-8-14-4-6-15(20)7-5-14/h4-7,16H,8-13H2,1-3H3,(H,21,22). The fourth-order valence-corrected chi connectivity index (χ4v) is 3.32. The van der Waals surface area contributed by atoms with Crippen LogP contribution in [0.25, 0.3) is 0 Å². The number of carbonyl (C=O) groups is 1. The molecule has 7 heteroatoms. The van der Waals surface area contributed by atoms with E-state index >= 15 is 0 Å². The molecule has 1 fully saturated rings. The van der Waals surface area contributed by atoms with Gasteiger partial charge in [0.2, 0.25) is 0 Å². The Labute approximate surface area is 160 Å². The van der Waals surface area contributed by atoms with Crippen LogP contribution in [0.4, 0.5) is 4.79 Å². The van der Waals surface area contributed by atoms with Gasteiger partial charge < -0.3 is 19.9 Å². The van der Waals surface area contributed by atoms with E-state index in [0.717, 1.165) is 30.5 Å². The summed E-state index contributed by atoms with van der Waals surface area (Å²) in [5, 5.41) is 4.19. The third-order valence-electron chi connectivity index (χ3n) is 4.47. The van der Waals surface area contributed by atoms with Crippen molar-refractivity contribution in [1.29, 1.82) is 0 Å². The van der Waals surface area contributed by atoms with Crippen LogP contribution < -0.4 is 5.32 Å². The smallest absolute Gasteiger partial charge is 0.410 e. The van der Waals surface area contributed by atoms with Crippen LogP contribution in [0.5, 0.6) is 0 Å². The molecule has 1 saturated heterocycles. The third kappa shape index (κ3) is 4.81. The van der Waals surface area contributed by atoms with Gasteiger partial charge in [-0.1, -0.05) is 23.7 Å². The number of fused-ring (bicyclic) bond motifs is 1. The summed E-state index contributed by atoms with van der Waals surface area (Å²) in [6, 6.07) is 8.15. The number of rotatable bonds is 3. The summed E-state index contributed by atoms with van der Waals surface area (Å²) in [5.41, 5.74) is 0.779. The van der Waals surface area contributed by atoms with E-state index < -0.39 is 5.60 Å². The Balaban J connectivity index is 1.46. The zero-order valence-electron chi connectivity index (χ0n) is 15.7. The van der Waals surface area contributed by atoms with Crippen molar-refractivity contribution in [2.45, 2.75) is 38.8 Å². The molecule has 0 aromatic heterocycles. The average Bonchev–Trinajstić information content (AvgIpc) is 2.97. The van der Waals surface area contributed by atoms with Gasteiger partial charge in [0.25, 0.3) is 0 Å². The van der Waals surface area contributed by atoms with Gasteiger partial charge >= 0.3 is 6.09 Å². The molecule has 142 valence electrons. The van der Waals surface area contributed by atoms with Crippen molar-refractivity contribution < 1.29 is 9.53 Å². The first-order chi connectivity index (χ1) is 12.3. The fourth-order valence-electron chi connectivity index (χ4n) is 3.19. The van der Waals surface area contributed by atoms with Gasteiger partial charge in [-0.25, -0.2) is 4.79 Å². The Hall–Kier alpha value is -1.95. The summed E-state index contributed by atoms with van der Waals surface area (Å²) in [6.45, 7) is 9.29. The maximum absolute atomic E-state index is 12.3. The number of benzene rings is 1. The Kier molecular flexibility index (Phi) is 5.61. The Morgan fingerprint density at radius 3 is 2.73 bits per heavy atom. The molecular formula is C19H27ClN4O2. The molecule has 26 heavy (non-hydrogen) atoms. The molecule has 1 aromatic rings. The van der Waals surface area contributed by atoms with Gasteiger partial charge in [0.05, 0.1) is 12.6 Å². The number of halogens is 1. The highest BCUT2D eigenvalue weighted by atomic mass is 35.5. The molecule has 2 heterocycles. The number of hydrogen-bond donors (Lipinski definition) is 1. The molecule has 1 unspecified atom stereocenters. The number of amides is 1. The van der Waals surface area contributed by atoms with Gasteiger partial charge in [0.1, 0.15) is 5.60 Å². The normalized spacial score (nSPS) is 19.8. The number of aliphatic imine (C=N–C) groups is 1. The zero-order chi connectivity index (χ0) is 18.7. The van der Waals surface area contributed by atoms with Gasteiger partial charge in [-0.05, 0) is 44.9 Å². The van der Waals surface area contributed by atoms with Gasteiger partial charge in [-0.3, -0.25) is 4.99 Å². The van der Waals surface area contributed by atoms with Gasteiger partial charge in [0, 0.05) is 31.2 Å². The SMILES string of the molecule is CC(C)(C)OC(=O)N1CCN2C(NCCc3ccc(Cl)cc3)=NCC2C1. The van der Waals surface area contributed by atoms with E-state index in [1.807, 2.05) is 45.0 Å². The van der Waals surface area contributed by atoms with Gasteiger partial charge in [-0.2, -0.15) is 0 Å². The van der Waals surface area contributed by atoms with Crippen LogP contribution in [-0.2, 0) is 11.2 Å². The van der Waals surface area contributed by atoms with E-state index in [0.29, 0.717) is 19.6 Å². The quantitative estimate of drug-likeness (QED) is 0.878. The lowest BCUT2D eigenvalue weighted by Crippen LogP contribution is -2.57. The van der Waals surface area contributed by atoms with Crippen LogP contribution in [0.1, 0.15) is 26.3 Å². The van der Waals surface area contributed by atoms with Crippen molar-refractivity contribution in [1.82, 2.24) is 15.1 Å². The number of guanidine groups is 1. The summed E-state index contributed by atoms with van der Waals surface area (Å²) in [6.07, 6.45) is 0.680. The van der Waals surface area contributed by atoms with Crippen LogP contribution in [0, 0.1) is 0 Å². The highest BCUT2D eigenvalue weighted by molar-refractivity contribution is 6.30. The number of nitrogens with zero attached hydrogens (tertiary/aromatic N) is 3. The second kappa shape index (κ2) is 7.74. The number of ether oxygens (including phenoxy) is 1. The summed E-state index contributed by atoms with van der Waals surface area (Å²) in [7, 11) is 0. The predicted octanol–water partition coefficient (Wildman–Crippen LogP) is 2.76. The van der Waals surface area contributed by atoms with Crippen LogP contribution in [-0.4, -0.2) is 66.2 Å². The molecule has 3 rings (SSSR count). The molecule has 0 aliphatic carbocycles. The molecular weight excluding hydrogens is 352 g/mol. The van der Waals surface area contributed by atoms with Crippen molar-refractivity contribution in [3.05, 3.63) is 34.9 Å². The molecule has 2 aliphatic heterocycles. The summed E-state index contributed by atoms with van der Waals surface area (Å²) in [5.74, 6) is 0.938. The Morgan fingerprint density at radius 1 is 1.31 bits per heavy atom. The van der Waals surface area contributed by atoms with Crippen LogP contribution in [0.15, 0.2) is 29.3 Å². The largest absolute Gasteiger partial charge is 0.444 e. The van der Waals surface area contributed by atoms with Gasteiger partial charge in [-0.15, -0.1) is 0 Å². The van der Waals surface area contributed by atoms with Crippen LogP contribution in [0.2, 0.25) is 5.02 Å². The van der Waals surface area contributed by atoms with Crippen molar-refractivity contribution >= 4 is 23.7 Å². The van der Waals surface area contributed by atoms with E-state index in [2.05, 4.69) is 15.2 Å². The first kappa shape index (κ1) is 18.8. The monoisotopic (exact) mass is 378 g/mol. The summed E-state index contributed by atoms with van der Waals surface area (Å²) >= 11 is 5.92.